The van der Waals surface area contributed by atoms with Gasteiger partial charge in [-0.05, 0) is 68.3 Å². The number of pyridine rings is 2. The van der Waals surface area contributed by atoms with E-state index in [9.17, 15) is 4.79 Å². The van der Waals surface area contributed by atoms with Gasteiger partial charge in [0.25, 0.3) is 5.91 Å². The summed E-state index contributed by atoms with van der Waals surface area (Å²) in [5.41, 5.74) is 7.32. The normalized spacial score (nSPS) is 15.1. The molecule has 178 valence electrons. The molecule has 1 aromatic carbocycles. The van der Waals surface area contributed by atoms with Crippen LogP contribution in [0.3, 0.4) is 0 Å². The number of fused-ring (bicyclic) bond motifs is 1. The van der Waals surface area contributed by atoms with E-state index < -0.39 is 0 Å². The van der Waals surface area contributed by atoms with Gasteiger partial charge >= 0.3 is 0 Å². The summed E-state index contributed by atoms with van der Waals surface area (Å²) < 4.78 is 2.03. The van der Waals surface area contributed by atoms with Crippen molar-refractivity contribution >= 4 is 29.2 Å². The van der Waals surface area contributed by atoms with Crippen LogP contribution in [0.2, 0.25) is 0 Å². The number of hydrogen-bond donors (Lipinski definition) is 2. The van der Waals surface area contributed by atoms with Gasteiger partial charge in [0.15, 0.2) is 0 Å². The van der Waals surface area contributed by atoms with Crippen molar-refractivity contribution < 1.29 is 4.79 Å². The lowest BCUT2D eigenvalue weighted by Crippen LogP contribution is -2.14. The molecular weight excluding hydrogens is 456 g/mol. The zero-order valence-corrected chi connectivity index (χ0v) is 20.9. The molecular formula is C27H28N6OS. The van der Waals surface area contributed by atoms with Crippen LogP contribution in [-0.4, -0.2) is 38.0 Å². The van der Waals surface area contributed by atoms with E-state index in [1.165, 1.54) is 5.56 Å². The maximum atomic E-state index is 13.0. The van der Waals surface area contributed by atoms with Gasteiger partial charge in [0.2, 0.25) is 0 Å². The summed E-state index contributed by atoms with van der Waals surface area (Å²) in [5, 5.41) is 11.6. The van der Waals surface area contributed by atoms with Gasteiger partial charge in [-0.25, -0.2) is 4.68 Å². The highest BCUT2D eigenvalue weighted by Crippen LogP contribution is 2.46. The molecule has 3 aromatic heterocycles. The highest BCUT2D eigenvalue weighted by atomic mass is 32.2. The summed E-state index contributed by atoms with van der Waals surface area (Å²) in [6.07, 6.45) is 3.53. The largest absolute Gasteiger partial charge is 0.369 e. The molecule has 4 aromatic rings. The molecule has 4 heterocycles. The van der Waals surface area contributed by atoms with Crippen molar-refractivity contribution in [1.29, 1.82) is 0 Å². The first-order valence-corrected chi connectivity index (χ1v) is 12.8. The van der Waals surface area contributed by atoms with Gasteiger partial charge in [-0.15, -0.1) is 11.8 Å². The molecule has 0 spiro atoms. The van der Waals surface area contributed by atoms with Crippen LogP contribution in [0.1, 0.15) is 44.9 Å². The quantitative estimate of drug-likeness (QED) is 0.390. The molecule has 8 heteroatoms. The van der Waals surface area contributed by atoms with Crippen LogP contribution in [0.5, 0.6) is 0 Å². The van der Waals surface area contributed by atoms with E-state index in [0.29, 0.717) is 5.56 Å². The van der Waals surface area contributed by atoms with Crippen LogP contribution < -0.4 is 10.6 Å². The van der Waals surface area contributed by atoms with Crippen molar-refractivity contribution in [3.63, 3.8) is 0 Å². The Bertz CT molecular complexity index is 1370. The molecule has 1 amide bonds. The lowest BCUT2D eigenvalue weighted by Gasteiger charge is -2.19. The Labute approximate surface area is 209 Å². The van der Waals surface area contributed by atoms with Crippen molar-refractivity contribution in [3.05, 3.63) is 88.9 Å². The second-order valence-corrected chi connectivity index (χ2v) is 9.69. The average molecular weight is 485 g/mol. The average Bonchev–Trinajstić information content (AvgIpc) is 3.11. The molecule has 1 aliphatic rings. The van der Waals surface area contributed by atoms with E-state index in [4.69, 9.17) is 5.10 Å². The Balaban J connectivity index is 1.53. The van der Waals surface area contributed by atoms with E-state index >= 15 is 0 Å². The Morgan fingerprint density at radius 3 is 2.74 bits per heavy atom. The van der Waals surface area contributed by atoms with Gasteiger partial charge in [-0.2, -0.15) is 5.10 Å². The number of nitrogens with one attached hydrogen (secondary N) is 2. The number of rotatable bonds is 5. The maximum Gasteiger partial charge on any atom is 0.255 e. The number of aromatic nitrogens is 4. The van der Waals surface area contributed by atoms with Crippen LogP contribution in [0.15, 0.2) is 60.9 Å². The topological polar surface area (TPSA) is 84.7 Å². The fraction of sp³-hybridized carbons (Fsp3) is 0.259. The highest BCUT2D eigenvalue weighted by Gasteiger charge is 2.31. The van der Waals surface area contributed by atoms with Gasteiger partial charge in [0.05, 0.1) is 22.3 Å². The number of hydrogen-bond acceptors (Lipinski definition) is 6. The van der Waals surface area contributed by atoms with Crippen molar-refractivity contribution in [2.75, 3.05) is 22.9 Å². The summed E-state index contributed by atoms with van der Waals surface area (Å²) in [4.78, 5) is 21.8. The van der Waals surface area contributed by atoms with Crippen LogP contribution in [-0.2, 0) is 6.54 Å². The minimum atomic E-state index is -0.139. The summed E-state index contributed by atoms with van der Waals surface area (Å²) in [6, 6.07) is 15.6. The first-order valence-electron chi connectivity index (χ1n) is 11.8. The molecule has 5 rings (SSSR count). The number of carbonyl (C=O) groups excluding carboxylic acids is 1. The van der Waals surface area contributed by atoms with Crippen molar-refractivity contribution in [2.45, 2.75) is 32.6 Å². The minimum Gasteiger partial charge on any atom is -0.369 e. The number of thioether (sulfide) groups is 1. The Morgan fingerprint density at radius 1 is 1.14 bits per heavy atom. The minimum absolute atomic E-state index is 0.0787. The molecule has 0 aliphatic carbocycles. The van der Waals surface area contributed by atoms with Gasteiger partial charge in [-0.3, -0.25) is 14.8 Å². The third kappa shape index (κ3) is 4.53. The molecule has 7 nitrogen and oxygen atoms in total. The van der Waals surface area contributed by atoms with Crippen LogP contribution in [0, 0.1) is 13.8 Å². The molecule has 1 atom stereocenters. The summed E-state index contributed by atoms with van der Waals surface area (Å²) in [7, 11) is 0. The third-order valence-corrected chi connectivity index (χ3v) is 7.47. The maximum absolute atomic E-state index is 13.0. The zero-order valence-electron chi connectivity index (χ0n) is 20.1. The van der Waals surface area contributed by atoms with E-state index in [1.54, 1.807) is 6.20 Å². The first-order chi connectivity index (χ1) is 17.1. The molecule has 0 saturated heterocycles. The lowest BCUT2D eigenvalue weighted by molar-refractivity contribution is 0.102. The van der Waals surface area contributed by atoms with E-state index in [-0.39, 0.29) is 11.2 Å². The van der Waals surface area contributed by atoms with Crippen molar-refractivity contribution in [3.8, 4) is 11.4 Å². The Kier molecular flexibility index (Phi) is 6.55. The standard InChI is InChI=1S/C27H28N6OS/c1-4-33-26-23(24(32-33)22-8-5-6-12-29-22)25(35-15-14-30-26)20-11-10-19(16-17(20)2)27(34)31-21-9-7-13-28-18(21)3/h5-13,16,25,30H,4,14-15H2,1-3H3,(H,31,34). The zero-order chi connectivity index (χ0) is 24.4. The van der Waals surface area contributed by atoms with Crippen molar-refractivity contribution in [2.24, 2.45) is 0 Å². The number of aryl methyl sites for hydroxylation is 3. The predicted molar refractivity (Wildman–Crippen MR) is 142 cm³/mol. The number of carbonyl (C=O) groups is 1. The van der Waals surface area contributed by atoms with Gasteiger partial charge in [0, 0.05) is 42.4 Å². The van der Waals surface area contributed by atoms with E-state index in [2.05, 4.69) is 40.5 Å². The van der Waals surface area contributed by atoms with E-state index in [0.717, 1.165) is 58.6 Å². The molecule has 0 fully saturated rings. The highest BCUT2D eigenvalue weighted by molar-refractivity contribution is 7.99. The molecule has 1 aliphatic heterocycles. The molecule has 0 bridgehead atoms. The van der Waals surface area contributed by atoms with Gasteiger partial charge < -0.3 is 10.6 Å². The monoisotopic (exact) mass is 484 g/mol. The molecule has 35 heavy (non-hydrogen) atoms. The molecule has 1 unspecified atom stereocenters. The van der Waals surface area contributed by atoms with E-state index in [1.807, 2.05) is 72.0 Å². The van der Waals surface area contributed by atoms with Crippen LogP contribution in [0.25, 0.3) is 11.4 Å². The molecule has 0 radical (unpaired) electrons. The summed E-state index contributed by atoms with van der Waals surface area (Å²) in [6.45, 7) is 7.70. The smallest absolute Gasteiger partial charge is 0.255 e. The van der Waals surface area contributed by atoms with Crippen LogP contribution >= 0.6 is 11.8 Å². The van der Waals surface area contributed by atoms with Gasteiger partial charge in [-0.1, -0.05) is 12.1 Å². The fourth-order valence-electron chi connectivity index (χ4n) is 4.43. The Hall–Kier alpha value is -3.65. The van der Waals surface area contributed by atoms with Crippen molar-refractivity contribution in [1.82, 2.24) is 19.7 Å². The fourth-order valence-corrected chi connectivity index (χ4v) is 5.72. The second kappa shape index (κ2) is 9.92. The Morgan fingerprint density at radius 2 is 2.00 bits per heavy atom. The van der Waals surface area contributed by atoms with Gasteiger partial charge in [0.1, 0.15) is 11.5 Å². The summed E-state index contributed by atoms with van der Waals surface area (Å²) in [5.74, 6) is 1.88. The molecule has 2 N–H and O–H groups in total. The lowest BCUT2D eigenvalue weighted by atomic mass is 9.96. The number of amides is 1. The second-order valence-electron chi connectivity index (χ2n) is 8.48. The number of anilines is 2. The molecule has 0 saturated carbocycles. The third-order valence-electron chi connectivity index (χ3n) is 6.21. The SMILES string of the molecule is CCn1nc(-c2ccccn2)c2c1NCCSC2c1ccc(C(=O)Nc2cccnc2C)cc1C. The number of nitrogens with zero attached hydrogens (tertiary/aromatic N) is 4. The number of benzene rings is 1. The predicted octanol–water partition coefficient (Wildman–Crippen LogP) is 5.48. The summed E-state index contributed by atoms with van der Waals surface area (Å²) >= 11 is 1.89. The van der Waals surface area contributed by atoms with Crippen LogP contribution in [0.4, 0.5) is 11.5 Å². The first kappa shape index (κ1) is 23.1.